The van der Waals surface area contributed by atoms with Crippen molar-refractivity contribution in [2.75, 3.05) is 16.6 Å². The summed E-state index contributed by atoms with van der Waals surface area (Å²) in [5.41, 5.74) is 15.1. The van der Waals surface area contributed by atoms with E-state index in [0.29, 0.717) is 33.7 Å². The molecule has 8 aromatic rings. The number of imidazole rings is 3. The van der Waals surface area contributed by atoms with Crippen LogP contribution < -0.4 is 22.1 Å². The summed E-state index contributed by atoms with van der Waals surface area (Å²) < 4.78 is 3.12. The van der Waals surface area contributed by atoms with Crippen LogP contribution in [-0.2, 0) is 0 Å². The van der Waals surface area contributed by atoms with Crippen LogP contribution in [0.1, 0.15) is 0 Å². The van der Waals surface area contributed by atoms with Gasteiger partial charge in [0.15, 0.2) is 22.5 Å². The Balaban J connectivity index is 1.44. The third-order valence-corrected chi connectivity index (χ3v) is 7.94. The van der Waals surface area contributed by atoms with Gasteiger partial charge in [0.2, 0.25) is 17.8 Å². The Bertz CT molecular complexity index is 2160. The Morgan fingerprint density at radius 1 is 0.780 bits per heavy atom. The first-order valence-electron chi connectivity index (χ1n) is 11.9. The van der Waals surface area contributed by atoms with Gasteiger partial charge in [0.25, 0.3) is 5.56 Å². The zero-order valence-electron chi connectivity index (χ0n) is 20.5. The number of nitrogens with zero attached hydrogens (tertiary/aromatic N) is 11. The minimum Gasteiger partial charge on any atom is -0.368 e. The van der Waals surface area contributed by atoms with Crippen molar-refractivity contribution in [3.63, 3.8) is 0 Å². The summed E-state index contributed by atoms with van der Waals surface area (Å²) in [4.78, 5) is 56.2. The second-order valence-corrected chi connectivity index (χ2v) is 10.5. The van der Waals surface area contributed by atoms with Crippen LogP contribution in [-0.4, -0.2) is 59.2 Å². The summed E-state index contributed by atoms with van der Waals surface area (Å²) in [6.07, 6.45) is 4.42. The second-order valence-electron chi connectivity index (χ2n) is 8.62. The molecule has 0 fully saturated rings. The molecule has 0 amide bonds. The minimum atomic E-state index is -0.442. The molecule has 41 heavy (non-hydrogen) atoms. The van der Waals surface area contributed by atoms with E-state index in [1.165, 1.54) is 46.8 Å². The van der Waals surface area contributed by atoms with Crippen molar-refractivity contribution < 1.29 is 0 Å². The van der Waals surface area contributed by atoms with Crippen LogP contribution in [0.5, 0.6) is 0 Å². The van der Waals surface area contributed by atoms with Crippen LogP contribution in [0.4, 0.5) is 17.8 Å². The van der Waals surface area contributed by atoms with Crippen LogP contribution in [0.25, 0.3) is 54.6 Å². The van der Waals surface area contributed by atoms with E-state index in [4.69, 9.17) is 11.5 Å². The van der Waals surface area contributed by atoms with Gasteiger partial charge in [-0.25, -0.2) is 24.9 Å². The highest BCUT2D eigenvalue weighted by Crippen LogP contribution is 2.32. The van der Waals surface area contributed by atoms with Crippen LogP contribution >= 0.6 is 22.7 Å². The first-order valence-corrected chi connectivity index (χ1v) is 13.6. The maximum Gasteiger partial charge on any atom is 0.278 e. The molecule has 0 unspecified atom stereocenters. The van der Waals surface area contributed by atoms with Crippen molar-refractivity contribution in [2.24, 2.45) is 0 Å². The van der Waals surface area contributed by atoms with E-state index in [9.17, 15) is 4.79 Å². The molecule has 0 bridgehead atoms. The molecule has 18 heteroatoms. The van der Waals surface area contributed by atoms with Gasteiger partial charge < -0.3 is 16.5 Å². The van der Waals surface area contributed by atoms with Crippen LogP contribution in [0.15, 0.2) is 58.8 Å². The fourth-order valence-corrected chi connectivity index (χ4v) is 5.92. The second kappa shape index (κ2) is 8.63. The third kappa shape index (κ3) is 3.54. The van der Waals surface area contributed by atoms with Crippen LogP contribution in [0.2, 0.25) is 0 Å². The summed E-state index contributed by atoms with van der Waals surface area (Å²) in [6, 6.07) is 7.66. The van der Waals surface area contributed by atoms with E-state index in [0.717, 1.165) is 9.75 Å². The lowest BCUT2D eigenvalue weighted by Crippen LogP contribution is -2.37. The monoisotopic (exact) mass is 581 g/mol. The number of aromatic amines is 2. The molecule has 6 N–H and O–H groups in total. The number of rotatable bonds is 5. The standard InChI is InChI=1S/C23H15N15OS2/c24-21-30-12(10-3-1-5-40-10)14-18(33-21)36(8-28-14)38(23-32-17-16(20(39)35-23)26-7-27-17)37-9-29-15-13(11-4-2-6-41-11)31-22(25)34-19(15)37/h1-9H,(H2,24,30,33)(H2,25,31,34)(H2,26,27,32,35,39). The molecule has 0 radical (unpaired) electrons. The quantitative estimate of drug-likeness (QED) is 0.230. The first kappa shape index (κ1) is 23.2. The lowest BCUT2D eigenvalue weighted by molar-refractivity contribution is 0.604. The smallest absolute Gasteiger partial charge is 0.278 e. The molecule has 8 heterocycles. The number of thiophene rings is 2. The summed E-state index contributed by atoms with van der Waals surface area (Å²) in [6.45, 7) is 0. The van der Waals surface area contributed by atoms with Gasteiger partial charge >= 0.3 is 0 Å². The number of nitrogens with two attached hydrogens (primary N) is 2. The molecule has 8 rings (SSSR count). The van der Waals surface area contributed by atoms with Crippen molar-refractivity contribution in [3.8, 4) is 21.1 Å². The van der Waals surface area contributed by atoms with Crippen LogP contribution in [0.3, 0.4) is 0 Å². The maximum atomic E-state index is 13.0. The number of nitrogens with one attached hydrogen (secondary N) is 2. The summed E-state index contributed by atoms with van der Waals surface area (Å²) in [5, 5.41) is 5.36. The predicted molar refractivity (Wildman–Crippen MR) is 154 cm³/mol. The number of aromatic nitrogens is 12. The number of anilines is 3. The molecule has 16 nitrogen and oxygen atoms in total. The van der Waals surface area contributed by atoms with Crippen molar-refractivity contribution in [1.29, 1.82) is 0 Å². The van der Waals surface area contributed by atoms with E-state index < -0.39 is 5.56 Å². The largest absolute Gasteiger partial charge is 0.368 e. The first-order chi connectivity index (χ1) is 20.0. The minimum absolute atomic E-state index is 0.0360. The van der Waals surface area contributed by atoms with E-state index >= 15 is 0 Å². The zero-order valence-corrected chi connectivity index (χ0v) is 22.1. The lowest BCUT2D eigenvalue weighted by Gasteiger charge is -2.24. The number of hydrogen-bond acceptors (Lipinski definition) is 14. The molecule has 0 saturated heterocycles. The number of nitrogen functional groups attached to an aromatic ring is 2. The highest BCUT2D eigenvalue weighted by atomic mass is 32.1. The highest BCUT2D eigenvalue weighted by Gasteiger charge is 2.26. The Hall–Kier alpha value is -5.75. The third-order valence-electron chi connectivity index (χ3n) is 6.18. The Morgan fingerprint density at radius 3 is 1.90 bits per heavy atom. The summed E-state index contributed by atoms with van der Waals surface area (Å²) >= 11 is 2.99. The molecule has 0 aromatic carbocycles. The molecular weight excluding hydrogens is 566 g/mol. The average Bonchev–Trinajstić information content (AvgIpc) is 3.79. The Kier molecular flexibility index (Phi) is 4.87. The molecule has 200 valence electrons. The van der Waals surface area contributed by atoms with Crippen molar-refractivity contribution in [1.82, 2.24) is 59.2 Å². The van der Waals surface area contributed by atoms with Crippen molar-refractivity contribution in [3.05, 3.63) is 64.4 Å². The maximum absolute atomic E-state index is 13.0. The normalized spacial score (nSPS) is 11.7. The molecule has 0 aliphatic rings. The average molecular weight is 582 g/mol. The topological polar surface area (TPSA) is 217 Å². The molecule has 0 atom stereocenters. The summed E-state index contributed by atoms with van der Waals surface area (Å²) in [7, 11) is 0. The molecule has 0 aliphatic heterocycles. The van der Waals surface area contributed by atoms with E-state index in [2.05, 4.69) is 49.8 Å². The number of H-pyrrole nitrogens is 2. The number of hydrogen-bond donors (Lipinski definition) is 4. The fraction of sp³-hybridized carbons (Fsp3) is 0. The van der Waals surface area contributed by atoms with Gasteiger partial charge in [0.1, 0.15) is 35.1 Å². The highest BCUT2D eigenvalue weighted by molar-refractivity contribution is 7.13. The molecule has 0 spiro atoms. The Labute approximate surface area is 235 Å². The van der Waals surface area contributed by atoms with Gasteiger partial charge in [0, 0.05) is 0 Å². The Morgan fingerprint density at radius 2 is 1.37 bits per heavy atom. The van der Waals surface area contributed by atoms with Crippen LogP contribution in [0, 0.1) is 0 Å². The zero-order chi connectivity index (χ0) is 27.7. The van der Waals surface area contributed by atoms with Gasteiger partial charge in [-0.1, -0.05) is 12.1 Å². The van der Waals surface area contributed by atoms with E-state index in [-0.39, 0.29) is 29.0 Å². The van der Waals surface area contributed by atoms with Gasteiger partial charge in [-0.3, -0.25) is 9.78 Å². The molecule has 8 aromatic heterocycles. The number of fused-ring (bicyclic) bond motifs is 3. The van der Waals surface area contributed by atoms with Crippen molar-refractivity contribution >= 4 is 74.0 Å². The molecule has 0 saturated carbocycles. The van der Waals surface area contributed by atoms with Gasteiger partial charge in [-0.15, -0.1) is 27.8 Å². The van der Waals surface area contributed by atoms with Crippen molar-refractivity contribution in [2.45, 2.75) is 0 Å². The van der Waals surface area contributed by atoms with Gasteiger partial charge in [-0.05, 0) is 22.9 Å². The molecule has 0 aliphatic carbocycles. The molecular formula is C23H15N15OS2. The van der Waals surface area contributed by atoms with Gasteiger partial charge in [0.05, 0.1) is 16.1 Å². The fourth-order valence-electron chi connectivity index (χ4n) is 4.49. The van der Waals surface area contributed by atoms with E-state index in [1.807, 2.05) is 35.0 Å². The predicted octanol–water partition coefficient (Wildman–Crippen LogP) is 2.28. The SMILES string of the molecule is Nc1nc(-c2cccs2)c2ncn(N(c3nc4nc[nH]c4c(=O)[nH]3)n3cnc4c(-c5cccs5)nc(N)nc43)c2n1. The van der Waals surface area contributed by atoms with Gasteiger partial charge in [-0.2, -0.15) is 24.3 Å². The summed E-state index contributed by atoms with van der Waals surface area (Å²) in [5.74, 6) is 0.139. The lowest BCUT2D eigenvalue weighted by atomic mass is 10.3. The van der Waals surface area contributed by atoms with E-state index in [1.54, 1.807) is 9.35 Å².